The van der Waals surface area contributed by atoms with Gasteiger partial charge in [-0.15, -0.1) is 11.3 Å². The second-order valence-corrected chi connectivity index (χ2v) is 7.79. The van der Waals surface area contributed by atoms with Crippen LogP contribution >= 0.6 is 11.3 Å². The SMILES string of the molecule is CNS(=O)(=O)c1ccc(CNC(=O)Cc2cccc(F)c2)s1. The Morgan fingerprint density at radius 1 is 1.27 bits per heavy atom. The van der Waals surface area contributed by atoms with Gasteiger partial charge in [0, 0.05) is 4.88 Å². The van der Waals surface area contributed by atoms with E-state index in [0.29, 0.717) is 5.56 Å². The molecule has 0 atom stereocenters. The lowest BCUT2D eigenvalue weighted by atomic mass is 10.1. The number of halogens is 1. The summed E-state index contributed by atoms with van der Waals surface area (Å²) in [5.74, 6) is -0.637. The summed E-state index contributed by atoms with van der Waals surface area (Å²) in [6, 6.07) is 8.98. The molecule has 0 aliphatic rings. The predicted octanol–water partition coefficient (Wildman–Crippen LogP) is 1.65. The third kappa shape index (κ3) is 4.36. The Bertz CT molecular complexity index is 772. The van der Waals surface area contributed by atoms with Gasteiger partial charge in [-0.3, -0.25) is 4.79 Å². The predicted molar refractivity (Wildman–Crippen MR) is 82.5 cm³/mol. The van der Waals surface area contributed by atoms with E-state index in [1.165, 1.54) is 25.2 Å². The summed E-state index contributed by atoms with van der Waals surface area (Å²) in [5.41, 5.74) is 0.585. The lowest BCUT2D eigenvalue weighted by Gasteiger charge is -2.04. The van der Waals surface area contributed by atoms with E-state index in [2.05, 4.69) is 10.0 Å². The molecule has 0 saturated carbocycles. The number of hydrogen-bond acceptors (Lipinski definition) is 4. The molecule has 118 valence electrons. The topological polar surface area (TPSA) is 75.3 Å². The van der Waals surface area contributed by atoms with E-state index in [1.807, 2.05) is 0 Å². The molecule has 0 saturated heterocycles. The number of thiophene rings is 1. The zero-order valence-electron chi connectivity index (χ0n) is 11.8. The van der Waals surface area contributed by atoms with Crippen molar-refractivity contribution < 1.29 is 17.6 Å². The van der Waals surface area contributed by atoms with Crippen LogP contribution in [0.5, 0.6) is 0 Å². The summed E-state index contributed by atoms with van der Waals surface area (Å²) < 4.78 is 38.7. The van der Waals surface area contributed by atoms with Gasteiger partial charge < -0.3 is 5.32 Å². The minimum atomic E-state index is -3.46. The highest BCUT2D eigenvalue weighted by Gasteiger charge is 2.14. The molecule has 0 aliphatic heterocycles. The van der Waals surface area contributed by atoms with Crippen molar-refractivity contribution in [2.24, 2.45) is 0 Å². The lowest BCUT2D eigenvalue weighted by Crippen LogP contribution is -2.24. The summed E-state index contributed by atoms with van der Waals surface area (Å²) in [7, 11) is -2.11. The maximum absolute atomic E-state index is 13.0. The maximum Gasteiger partial charge on any atom is 0.249 e. The monoisotopic (exact) mass is 342 g/mol. The zero-order chi connectivity index (χ0) is 16.2. The van der Waals surface area contributed by atoms with Crippen molar-refractivity contribution in [3.05, 3.63) is 52.7 Å². The van der Waals surface area contributed by atoms with Crippen molar-refractivity contribution in [2.75, 3.05) is 7.05 Å². The number of carbonyl (C=O) groups is 1. The third-order valence-electron chi connectivity index (χ3n) is 2.88. The summed E-state index contributed by atoms with van der Waals surface area (Å²) >= 11 is 1.09. The number of benzene rings is 1. The molecule has 2 rings (SSSR count). The number of sulfonamides is 1. The fourth-order valence-corrected chi connectivity index (χ4v) is 3.91. The molecule has 0 fully saturated rings. The Morgan fingerprint density at radius 2 is 2.05 bits per heavy atom. The van der Waals surface area contributed by atoms with Gasteiger partial charge in [-0.2, -0.15) is 0 Å². The van der Waals surface area contributed by atoms with Crippen LogP contribution in [0.1, 0.15) is 10.4 Å². The van der Waals surface area contributed by atoms with Gasteiger partial charge in [-0.05, 0) is 36.9 Å². The van der Waals surface area contributed by atoms with E-state index >= 15 is 0 Å². The van der Waals surface area contributed by atoms with E-state index < -0.39 is 10.0 Å². The Kier molecular flexibility index (Phi) is 5.28. The Labute approximate surface area is 132 Å². The highest BCUT2D eigenvalue weighted by molar-refractivity contribution is 7.91. The van der Waals surface area contributed by atoms with Crippen LogP contribution in [-0.4, -0.2) is 21.4 Å². The van der Waals surface area contributed by atoms with E-state index in [-0.39, 0.29) is 28.9 Å². The van der Waals surface area contributed by atoms with Gasteiger partial charge in [0.15, 0.2) is 0 Å². The van der Waals surface area contributed by atoms with Gasteiger partial charge in [0.2, 0.25) is 15.9 Å². The summed E-state index contributed by atoms with van der Waals surface area (Å²) in [5, 5.41) is 2.68. The first kappa shape index (κ1) is 16.6. The number of carbonyl (C=O) groups excluding carboxylic acids is 1. The highest BCUT2D eigenvalue weighted by atomic mass is 32.2. The molecule has 1 heterocycles. The quantitative estimate of drug-likeness (QED) is 0.838. The van der Waals surface area contributed by atoms with E-state index in [4.69, 9.17) is 0 Å². The molecule has 0 bridgehead atoms. The zero-order valence-corrected chi connectivity index (χ0v) is 13.4. The average Bonchev–Trinajstić information content (AvgIpc) is 2.95. The summed E-state index contributed by atoms with van der Waals surface area (Å²) in [6.07, 6.45) is 0.0742. The molecule has 1 amide bonds. The van der Waals surface area contributed by atoms with Crippen LogP contribution in [0.15, 0.2) is 40.6 Å². The molecule has 0 spiro atoms. The molecule has 5 nitrogen and oxygen atoms in total. The standard InChI is InChI=1S/C14H15FN2O3S2/c1-16-22(19,20)14-6-5-12(21-14)9-17-13(18)8-10-3-2-4-11(15)7-10/h2-7,16H,8-9H2,1H3,(H,17,18). The minimum Gasteiger partial charge on any atom is -0.351 e. The van der Waals surface area contributed by atoms with Crippen LogP contribution in [0.3, 0.4) is 0 Å². The second kappa shape index (κ2) is 6.99. The molecule has 8 heteroatoms. The Hall–Kier alpha value is -1.77. The van der Waals surface area contributed by atoms with Crippen molar-refractivity contribution in [3.63, 3.8) is 0 Å². The van der Waals surface area contributed by atoms with E-state index in [1.54, 1.807) is 18.2 Å². The van der Waals surface area contributed by atoms with Crippen LogP contribution in [0.4, 0.5) is 4.39 Å². The smallest absolute Gasteiger partial charge is 0.249 e. The van der Waals surface area contributed by atoms with Crippen molar-refractivity contribution in [2.45, 2.75) is 17.2 Å². The average molecular weight is 342 g/mol. The summed E-state index contributed by atoms with van der Waals surface area (Å²) in [6.45, 7) is 0.234. The third-order valence-corrected chi connectivity index (χ3v) is 5.88. The first-order valence-corrected chi connectivity index (χ1v) is 8.74. The van der Waals surface area contributed by atoms with Gasteiger partial charge in [-0.1, -0.05) is 12.1 Å². The van der Waals surface area contributed by atoms with E-state index in [9.17, 15) is 17.6 Å². The van der Waals surface area contributed by atoms with Gasteiger partial charge in [-0.25, -0.2) is 17.5 Å². The normalized spacial score (nSPS) is 11.4. The van der Waals surface area contributed by atoms with Crippen molar-refractivity contribution in [3.8, 4) is 0 Å². The molecular weight excluding hydrogens is 327 g/mol. The number of amides is 1. The molecule has 2 N–H and O–H groups in total. The molecule has 2 aromatic rings. The number of nitrogens with one attached hydrogen (secondary N) is 2. The second-order valence-electron chi connectivity index (χ2n) is 4.51. The van der Waals surface area contributed by atoms with Crippen LogP contribution < -0.4 is 10.0 Å². The number of hydrogen-bond donors (Lipinski definition) is 2. The van der Waals surface area contributed by atoms with Crippen LogP contribution in [0.2, 0.25) is 0 Å². The fraction of sp³-hybridized carbons (Fsp3) is 0.214. The van der Waals surface area contributed by atoms with Gasteiger partial charge in [0.1, 0.15) is 10.0 Å². The number of rotatable bonds is 6. The summed E-state index contributed by atoms with van der Waals surface area (Å²) in [4.78, 5) is 12.5. The van der Waals surface area contributed by atoms with Crippen LogP contribution in [0.25, 0.3) is 0 Å². The van der Waals surface area contributed by atoms with Crippen LogP contribution in [0, 0.1) is 5.82 Å². The van der Waals surface area contributed by atoms with Crippen molar-refractivity contribution in [1.29, 1.82) is 0 Å². The molecule has 0 aliphatic carbocycles. The molecular formula is C14H15FN2O3S2. The Morgan fingerprint density at radius 3 is 2.73 bits per heavy atom. The largest absolute Gasteiger partial charge is 0.351 e. The van der Waals surface area contributed by atoms with Crippen LogP contribution in [-0.2, 0) is 27.8 Å². The maximum atomic E-state index is 13.0. The fourth-order valence-electron chi connectivity index (χ4n) is 1.78. The van der Waals surface area contributed by atoms with Gasteiger partial charge >= 0.3 is 0 Å². The molecule has 1 aromatic heterocycles. The Balaban J connectivity index is 1.92. The molecule has 0 unspecified atom stereocenters. The van der Waals surface area contributed by atoms with Crippen molar-refractivity contribution >= 4 is 27.3 Å². The van der Waals surface area contributed by atoms with Crippen molar-refractivity contribution in [1.82, 2.24) is 10.0 Å². The minimum absolute atomic E-state index is 0.0742. The first-order chi connectivity index (χ1) is 10.4. The molecule has 1 aromatic carbocycles. The molecule has 0 radical (unpaired) electrons. The van der Waals surface area contributed by atoms with Gasteiger partial charge in [0.05, 0.1) is 13.0 Å². The van der Waals surface area contributed by atoms with E-state index in [0.717, 1.165) is 16.2 Å². The highest BCUT2D eigenvalue weighted by Crippen LogP contribution is 2.21. The lowest BCUT2D eigenvalue weighted by molar-refractivity contribution is -0.120. The van der Waals surface area contributed by atoms with Gasteiger partial charge in [0.25, 0.3) is 0 Å². The first-order valence-electron chi connectivity index (χ1n) is 6.44. The molecule has 22 heavy (non-hydrogen) atoms.